The third-order valence-electron chi connectivity index (χ3n) is 2.98. The van der Waals surface area contributed by atoms with Gasteiger partial charge in [0.05, 0.1) is 5.56 Å². The lowest BCUT2D eigenvalue weighted by molar-refractivity contribution is -0.137. The molecule has 0 aliphatic rings. The van der Waals surface area contributed by atoms with Crippen molar-refractivity contribution in [1.82, 2.24) is 5.32 Å². The number of nitrogens with one attached hydrogen (secondary N) is 1. The van der Waals surface area contributed by atoms with Gasteiger partial charge >= 0.3 is 5.97 Å². The van der Waals surface area contributed by atoms with Crippen LogP contribution in [0.2, 0.25) is 0 Å². The van der Waals surface area contributed by atoms with Crippen molar-refractivity contribution in [2.75, 3.05) is 6.54 Å². The van der Waals surface area contributed by atoms with Crippen LogP contribution in [0.1, 0.15) is 36.5 Å². The van der Waals surface area contributed by atoms with Gasteiger partial charge in [0.1, 0.15) is 5.75 Å². The molecule has 6 heteroatoms. The van der Waals surface area contributed by atoms with Crippen molar-refractivity contribution in [3.63, 3.8) is 0 Å². The zero-order valence-corrected chi connectivity index (χ0v) is 12.8. The van der Waals surface area contributed by atoms with Gasteiger partial charge in [-0.1, -0.05) is 22.9 Å². The first-order valence-electron chi connectivity index (χ1n) is 6.38. The number of phenols is 1. The zero-order chi connectivity index (χ0) is 15.1. The summed E-state index contributed by atoms with van der Waals surface area (Å²) in [7, 11) is 0. The van der Waals surface area contributed by atoms with Crippen LogP contribution >= 0.6 is 15.9 Å². The average Bonchev–Trinajstić information content (AvgIpc) is 2.39. The first kappa shape index (κ1) is 16.5. The quantitative estimate of drug-likeness (QED) is 0.710. The Morgan fingerprint density at radius 1 is 1.35 bits per heavy atom. The number of hydrogen-bond acceptors (Lipinski definition) is 3. The van der Waals surface area contributed by atoms with Crippen molar-refractivity contribution in [3.05, 3.63) is 28.2 Å². The molecule has 110 valence electrons. The molecule has 3 N–H and O–H groups in total. The maximum Gasteiger partial charge on any atom is 0.303 e. The number of phenolic OH excluding ortho intramolecular Hbond substituents is 1. The molecule has 0 heterocycles. The minimum Gasteiger partial charge on any atom is -0.507 e. The Morgan fingerprint density at radius 3 is 2.70 bits per heavy atom. The van der Waals surface area contributed by atoms with Crippen LogP contribution in [0.25, 0.3) is 0 Å². The number of carboxylic acid groups (broad SMARTS) is 1. The number of carbonyl (C=O) groups excluding carboxylic acids is 1. The van der Waals surface area contributed by atoms with Crippen LogP contribution in [0.15, 0.2) is 22.7 Å². The molecule has 0 aromatic heterocycles. The number of benzene rings is 1. The van der Waals surface area contributed by atoms with Crippen molar-refractivity contribution in [3.8, 4) is 5.75 Å². The molecule has 0 radical (unpaired) electrons. The van der Waals surface area contributed by atoms with Gasteiger partial charge in [-0.15, -0.1) is 0 Å². The van der Waals surface area contributed by atoms with Gasteiger partial charge in [-0.3, -0.25) is 9.59 Å². The number of amides is 1. The molecule has 0 aliphatic carbocycles. The molecule has 0 saturated heterocycles. The molecule has 20 heavy (non-hydrogen) atoms. The number of rotatable bonds is 7. The van der Waals surface area contributed by atoms with Gasteiger partial charge in [0.15, 0.2) is 0 Å². The summed E-state index contributed by atoms with van der Waals surface area (Å²) in [5, 5.41) is 20.9. The number of halogens is 1. The highest BCUT2D eigenvalue weighted by molar-refractivity contribution is 9.10. The fraction of sp³-hybridized carbons (Fsp3) is 0.429. The SMILES string of the molecule is CC(CCNC(=O)c1cc(Br)ccc1O)CCC(=O)O. The van der Waals surface area contributed by atoms with Gasteiger partial charge in [-0.05, 0) is 37.0 Å². The molecule has 1 amide bonds. The summed E-state index contributed by atoms with van der Waals surface area (Å²) in [5.41, 5.74) is 0.220. The molecule has 0 spiro atoms. The summed E-state index contributed by atoms with van der Waals surface area (Å²) in [4.78, 5) is 22.3. The van der Waals surface area contributed by atoms with Crippen LogP contribution in [-0.2, 0) is 4.79 Å². The van der Waals surface area contributed by atoms with Gasteiger partial charge in [0.25, 0.3) is 5.91 Å². The van der Waals surface area contributed by atoms with Crippen LogP contribution in [0.5, 0.6) is 5.75 Å². The number of hydrogen-bond donors (Lipinski definition) is 3. The number of aromatic hydroxyl groups is 1. The minimum absolute atomic E-state index is 0.0652. The first-order valence-corrected chi connectivity index (χ1v) is 7.18. The summed E-state index contributed by atoms with van der Waals surface area (Å²) in [6.45, 7) is 2.40. The van der Waals surface area contributed by atoms with Crippen molar-refractivity contribution in [1.29, 1.82) is 0 Å². The second kappa shape index (κ2) is 7.89. The first-order chi connectivity index (χ1) is 9.40. The topological polar surface area (TPSA) is 86.6 Å². The molecule has 1 atom stereocenters. The number of carboxylic acids is 1. The van der Waals surface area contributed by atoms with Crippen LogP contribution in [0.4, 0.5) is 0 Å². The third kappa shape index (κ3) is 5.61. The van der Waals surface area contributed by atoms with Crippen molar-refractivity contribution in [2.24, 2.45) is 5.92 Å². The molecule has 0 fully saturated rings. The highest BCUT2D eigenvalue weighted by atomic mass is 79.9. The molecule has 0 aliphatic heterocycles. The fourth-order valence-electron chi connectivity index (χ4n) is 1.73. The Kier molecular flexibility index (Phi) is 6.51. The highest BCUT2D eigenvalue weighted by Crippen LogP contribution is 2.21. The molecular formula is C14H18BrNO4. The van der Waals surface area contributed by atoms with Gasteiger partial charge in [0.2, 0.25) is 0 Å². The second-order valence-corrected chi connectivity index (χ2v) is 5.66. The van der Waals surface area contributed by atoms with Crippen LogP contribution in [0, 0.1) is 5.92 Å². The third-order valence-corrected chi connectivity index (χ3v) is 3.47. The molecular weight excluding hydrogens is 326 g/mol. The number of carbonyl (C=O) groups is 2. The van der Waals surface area contributed by atoms with E-state index in [0.717, 1.165) is 4.47 Å². The van der Waals surface area contributed by atoms with Gasteiger partial charge < -0.3 is 15.5 Å². The molecule has 0 bridgehead atoms. The Morgan fingerprint density at radius 2 is 2.05 bits per heavy atom. The fourth-order valence-corrected chi connectivity index (χ4v) is 2.09. The molecule has 1 aromatic carbocycles. The van der Waals surface area contributed by atoms with Gasteiger partial charge in [0, 0.05) is 17.4 Å². The standard InChI is InChI=1S/C14H18BrNO4/c1-9(2-5-13(18)19)6-7-16-14(20)11-8-10(15)3-4-12(11)17/h3-4,8-9,17H,2,5-7H2,1H3,(H,16,20)(H,18,19). The lowest BCUT2D eigenvalue weighted by Crippen LogP contribution is -2.25. The average molecular weight is 344 g/mol. The van der Waals surface area contributed by atoms with Crippen molar-refractivity contribution < 1.29 is 19.8 Å². The summed E-state index contributed by atoms with van der Waals surface area (Å²) in [6, 6.07) is 4.66. The van der Waals surface area contributed by atoms with Crippen molar-refractivity contribution in [2.45, 2.75) is 26.2 Å². The van der Waals surface area contributed by atoms with E-state index in [9.17, 15) is 14.7 Å². The van der Waals surface area contributed by atoms with E-state index in [-0.39, 0.29) is 29.6 Å². The molecule has 1 aromatic rings. The van der Waals surface area contributed by atoms with E-state index in [1.807, 2.05) is 6.92 Å². The van der Waals surface area contributed by atoms with E-state index in [4.69, 9.17) is 5.11 Å². The minimum atomic E-state index is -0.806. The summed E-state index contributed by atoms with van der Waals surface area (Å²) < 4.78 is 0.718. The van der Waals surface area contributed by atoms with E-state index in [0.29, 0.717) is 19.4 Å². The Hall–Kier alpha value is -1.56. The van der Waals surface area contributed by atoms with E-state index in [1.165, 1.54) is 6.07 Å². The highest BCUT2D eigenvalue weighted by Gasteiger charge is 2.12. The van der Waals surface area contributed by atoms with Crippen LogP contribution in [0.3, 0.4) is 0 Å². The summed E-state index contributed by atoms with van der Waals surface area (Å²) in [6.07, 6.45) is 1.43. The normalized spacial score (nSPS) is 11.9. The lowest BCUT2D eigenvalue weighted by Gasteiger charge is -2.11. The molecule has 1 unspecified atom stereocenters. The Labute approximate surface area is 126 Å². The van der Waals surface area contributed by atoms with E-state index in [1.54, 1.807) is 12.1 Å². The monoisotopic (exact) mass is 343 g/mol. The zero-order valence-electron chi connectivity index (χ0n) is 11.2. The predicted octanol–water partition coefficient (Wildman–Crippen LogP) is 2.78. The predicted molar refractivity (Wildman–Crippen MR) is 78.8 cm³/mol. The van der Waals surface area contributed by atoms with Crippen molar-refractivity contribution >= 4 is 27.8 Å². The summed E-state index contributed by atoms with van der Waals surface area (Å²) >= 11 is 3.24. The number of aliphatic carboxylic acids is 1. The summed E-state index contributed by atoms with van der Waals surface area (Å²) in [5.74, 6) is -0.985. The Bertz CT molecular complexity index is 490. The van der Waals surface area contributed by atoms with E-state index >= 15 is 0 Å². The van der Waals surface area contributed by atoms with Gasteiger partial charge in [-0.2, -0.15) is 0 Å². The van der Waals surface area contributed by atoms with E-state index in [2.05, 4.69) is 21.2 Å². The molecule has 1 rings (SSSR count). The molecule has 0 saturated carbocycles. The second-order valence-electron chi connectivity index (χ2n) is 4.74. The largest absolute Gasteiger partial charge is 0.507 e. The van der Waals surface area contributed by atoms with Gasteiger partial charge in [-0.25, -0.2) is 0 Å². The Balaban J connectivity index is 2.40. The lowest BCUT2D eigenvalue weighted by atomic mass is 10.0. The van der Waals surface area contributed by atoms with E-state index < -0.39 is 5.97 Å². The molecule has 5 nitrogen and oxygen atoms in total. The maximum atomic E-state index is 11.9. The van der Waals surface area contributed by atoms with Crippen LogP contribution < -0.4 is 5.32 Å². The maximum absolute atomic E-state index is 11.9. The smallest absolute Gasteiger partial charge is 0.303 e. The van der Waals surface area contributed by atoms with Crippen LogP contribution in [-0.4, -0.2) is 28.6 Å².